The highest BCUT2D eigenvalue weighted by molar-refractivity contribution is 5.70. The van der Waals surface area contributed by atoms with Gasteiger partial charge < -0.3 is 14.7 Å². The largest absolute Gasteiger partial charge is 0.487 e. The molecule has 0 spiro atoms. The lowest BCUT2D eigenvalue weighted by Crippen LogP contribution is -2.47. The fraction of sp³-hybridized carbons (Fsp3) is 0.571. The molecule has 1 aromatic rings. The first-order chi connectivity index (χ1) is 10.2. The molecule has 116 valence electrons. The lowest BCUT2D eigenvalue weighted by Gasteiger charge is -2.35. The first-order valence-electron chi connectivity index (χ1n) is 7.15. The minimum atomic E-state index is -0.375. The number of aliphatic hydroxyl groups excluding tert-OH is 1. The maximum atomic E-state index is 11.4. The lowest BCUT2D eigenvalue weighted by atomic mass is 10.2. The molecule has 1 heterocycles. The van der Waals surface area contributed by atoms with E-state index in [-0.39, 0.29) is 17.2 Å². The van der Waals surface area contributed by atoms with E-state index >= 15 is 0 Å². The molecular weight excluding hydrogens is 274 g/mol. The summed E-state index contributed by atoms with van der Waals surface area (Å²) in [6.45, 7) is 5.98. The highest BCUT2D eigenvalue weighted by Gasteiger charge is 2.27. The van der Waals surface area contributed by atoms with Crippen LogP contribution in [0.25, 0.3) is 0 Å². The average Bonchev–Trinajstić information content (AvgIpc) is 2.48. The molecule has 0 amide bonds. The Morgan fingerprint density at radius 2 is 2.05 bits per heavy atom. The summed E-state index contributed by atoms with van der Waals surface area (Å²) in [4.78, 5) is 15.2. The number of anilines is 1. The molecule has 1 saturated heterocycles. The van der Waals surface area contributed by atoms with Gasteiger partial charge >= 0.3 is 5.69 Å². The van der Waals surface area contributed by atoms with Crippen LogP contribution < -0.4 is 9.64 Å². The van der Waals surface area contributed by atoms with Gasteiger partial charge in [0.1, 0.15) is 5.69 Å². The van der Waals surface area contributed by atoms with Crippen LogP contribution in [0.4, 0.5) is 11.4 Å². The second kappa shape index (κ2) is 7.24. The highest BCUT2D eigenvalue weighted by atomic mass is 16.6. The van der Waals surface area contributed by atoms with Crippen molar-refractivity contribution in [2.24, 2.45) is 0 Å². The Kier molecular flexibility index (Phi) is 5.35. The van der Waals surface area contributed by atoms with E-state index < -0.39 is 0 Å². The topological polar surface area (TPSA) is 79.1 Å². The summed E-state index contributed by atoms with van der Waals surface area (Å²) < 4.78 is 5.38. The van der Waals surface area contributed by atoms with Gasteiger partial charge in [-0.3, -0.25) is 15.0 Å². The van der Waals surface area contributed by atoms with Crippen molar-refractivity contribution in [1.29, 1.82) is 0 Å². The van der Waals surface area contributed by atoms with Crippen LogP contribution in [0.5, 0.6) is 5.75 Å². The monoisotopic (exact) mass is 295 g/mol. The molecular formula is C14H21N3O4. The number of para-hydroxylation sites is 1. The number of ether oxygens (including phenoxy) is 1. The summed E-state index contributed by atoms with van der Waals surface area (Å²) in [5.41, 5.74) is 0.643. The zero-order valence-corrected chi connectivity index (χ0v) is 12.2. The van der Waals surface area contributed by atoms with E-state index in [0.29, 0.717) is 37.7 Å². The highest BCUT2D eigenvalue weighted by Crippen LogP contribution is 2.37. The average molecular weight is 295 g/mol. The number of benzene rings is 1. The number of nitro benzene ring substituents is 1. The summed E-state index contributed by atoms with van der Waals surface area (Å²) >= 11 is 0. The van der Waals surface area contributed by atoms with Gasteiger partial charge in [0, 0.05) is 32.7 Å². The summed E-state index contributed by atoms with van der Waals surface area (Å²) in [5, 5.41) is 20.3. The van der Waals surface area contributed by atoms with Crippen molar-refractivity contribution in [3.8, 4) is 5.75 Å². The van der Waals surface area contributed by atoms with Gasteiger partial charge in [-0.05, 0) is 19.1 Å². The molecule has 0 unspecified atom stereocenters. The van der Waals surface area contributed by atoms with Gasteiger partial charge in [0.15, 0.2) is 5.75 Å². The maximum absolute atomic E-state index is 11.4. The fourth-order valence-corrected chi connectivity index (χ4v) is 2.58. The SMILES string of the molecule is CCOc1cccc(N2CCN(CCO)CC2)c1[N+](=O)[O-]. The zero-order chi connectivity index (χ0) is 15.2. The third-order valence-electron chi connectivity index (χ3n) is 3.59. The van der Waals surface area contributed by atoms with Gasteiger partial charge in [-0.25, -0.2) is 0 Å². The molecule has 0 saturated carbocycles. The van der Waals surface area contributed by atoms with Crippen LogP contribution in [0.3, 0.4) is 0 Å². The number of hydrogen-bond acceptors (Lipinski definition) is 6. The van der Waals surface area contributed by atoms with Gasteiger partial charge in [0.25, 0.3) is 0 Å². The van der Waals surface area contributed by atoms with Crippen molar-refractivity contribution < 1.29 is 14.8 Å². The Balaban J connectivity index is 2.20. The Hall–Kier alpha value is -1.86. The van der Waals surface area contributed by atoms with E-state index in [0.717, 1.165) is 13.1 Å². The summed E-state index contributed by atoms with van der Waals surface area (Å²) in [7, 11) is 0. The van der Waals surface area contributed by atoms with Crippen LogP contribution in [-0.4, -0.2) is 60.9 Å². The van der Waals surface area contributed by atoms with Gasteiger partial charge in [0.05, 0.1) is 18.1 Å². The molecule has 21 heavy (non-hydrogen) atoms. The number of aliphatic hydroxyl groups is 1. The van der Waals surface area contributed by atoms with Gasteiger partial charge in [0.2, 0.25) is 0 Å². The van der Waals surface area contributed by atoms with E-state index in [1.165, 1.54) is 0 Å². The molecule has 1 fully saturated rings. The summed E-state index contributed by atoms with van der Waals surface area (Å²) in [6, 6.07) is 5.18. The fourth-order valence-electron chi connectivity index (χ4n) is 2.58. The lowest BCUT2D eigenvalue weighted by molar-refractivity contribution is -0.385. The van der Waals surface area contributed by atoms with E-state index in [2.05, 4.69) is 4.90 Å². The van der Waals surface area contributed by atoms with Crippen molar-refractivity contribution in [1.82, 2.24) is 4.90 Å². The molecule has 7 heteroatoms. The van der Waals surface area contributed by atoms with E-state index in [4.69, 9.17) is 9.84 Å². The Labute approximate surface area is 123 Å². The summed E-state index contributed by atoms with van der Waals surface area (Å²) in [6.07, 6.45) is 0. The van der Waals surface area contributed by atoms with Crippen molar-refractivity contribution >= 4 is 11.4 Å². The first kappa shape index (κ1) is 15.5. The van der Waals surface area contributed by atoms with Crippen molar-refractivity contribution in [3.63, 3.8) is 0 Å². The molecule has 1 aromatic carbocycles. The normalized spacial score (nSPS) is 16.0. The predicted molar refractivity (Wildman–Crippen MR) is 80.0 cm³/mol. The third-order valence-corrected chi connectivity index (χ3v) is 3.59. The van der Waals surface area contributed by atoms with Gasteiger partial charge in [-0.15, -0.1) is 0 Å². The third kappa shape index (κ3) is 3.62. The Morgan fingerprint density at radius 3 is 2.62 bits per heavy atom. The van der Waals surface area contributed by atoms with Gasteiger partial charge in [-0.1, -0.05) is 6.07 Å². The number of nitrogens with zero attached hydrogens (tertiary/aromatic N) is 3. The first-order valence-corrected chi connectivity index (χ1v) is 7.15. The molecule has 0 aliphatic carbocycles. The summed E-state index contributed by atoms with van der Waals surface area (Å²) in [5.74, 6) is 0.317. The molecule has 2 rings (SSSR count). The number of β-amino-alcohol motifs (C(OH)–C–C–N with tert-alkyl or cyclic N) is 1. The van der Waals surface area contributed by atoms with Crippen LogP contribution in [-0.2, 0) is 0 Å². The predicted octanol–water partition coefficient (Wildman–Crippen LogP) is 1.11. The smallest absolute Gasteiger partial charge is 0.333 e. The van der Waals surface area contributed by atoms with Crippen LogP contribution >= 0.6 is 0 Å². The minimum Gasteiger partial charge on any atom is -0.487 e. The molecule has 1 aliphatic rings. The van der Waals surface area contributed by atoms with Crippen LogP contribution in [0, 0.1) is 10.1 Å². The second-order valence-corrected chi connectivity index (χ2v) is 4.87. The Morgan fingerprint density at radius 1 is 1.33 bits per heavy atom. The number of piperazine rings is 1. The van der Waals surface area contributed by atoms with Crippen LogP contribution in [0.2, 0.25) is 0 Å². The van der Waals surface area contributed by atoms with Gasteiger partial charge in [-0.2, -0.15) is 0 Å². The molecule has 1 aliphatic heterocycles. The van der Waals surface area contributed by atoms with E-state index in [1.54, 1.807) is 18.2 Å². The minimum absolute atomic E-state index is 0.0370. The van der Waals surface area contributed by atoms with Crippen LogP contribution in [0.1, 0.15) is 6.92 Å². The molecule has 0 atom stereocenters. The molecule has 0 radical (unpaired) electrons. The quantitative estimate of drug-likeness (QED) is 0.625. The van der Waals surface area contributed by atoms with Crippen LogP contribution in [0.15, 0.2) is 18.2 Å². The molecule has 0 bridgehead atoms. The Bertz CT molecular complexity index is 487. The van der Waals surface area contributed by atoms with Crippen molar-refractivity contribution in [3.05, 3.63) is 28.3 Å². The maximum Gasteiger partial charge on any atom is 0.333 e. The van der Waals surface area contributed by atoms with Crippen molar-refractivity contribution in [2.75, 3.05) is 50.8 Å². The van der Waals surface area contributed by atoms with Crippen molar-refractivity contribution in [2.45, 2.75) is 6.92 Å². The molecule has 1 N–H and O–H groups in total. The van der Waals surface area contributed by atoms with E-state index in [9.17, 15) is 10.1 Å². The number of rotatable bonds is 6. The number of hydrogen-bond donors (Lipinski definition) is 1. The standard InChI is InChI=1S/C14H21N3O4/c1-2-21-13-5-3-4-12(14(13)17(19)20)16-8-6-15(7-9-16)10-11-18/h3-5,18H,2,6-11H2,1H3. The zero-order valence-electron chi connectivity index (χ0n) is 12.2. The molecule has 7 nitrogen and oxygen atoms in total. The number of nitro groups is 1. The molecule has 0 aromatic heterocycles. The second-order valence-electron chi connectivity index (χ2n) is 4.87. The van der Waals surface area contributed by atoms with E-state index in [1.807, 2.05) is 11.8 Å².